The Morgan fingerprint density at radius 2 is 1.29 bits per heavy atom. The lowest BCUT2D eigenvalue weighted by atomic mass is 10.1. The van der Waals surface area contributed by atoms with Gasteiger partial charge >= 0.3 is 0 Å². The number of aryl methyl sites for hydroxylation is 2. The average Bonchev–Trinajstić information content (AvgIpc) is 2.80. The predicted molar refractivity (Wildman–Crippen MR) is 162 cm³/mol. The van der Waals surface area contributed by atoms with Crippen molar-refractivity contribution in [2.24, 2.45) is 0 Å². The molecule has 2 heteroatoms. The predicted octanol–water partition coefficient (Wildman–Crippen LogP) is 9.82. The Kier molecular flexibility index (Phi) is 11.5. The Morgan fingerprint density at radius 3 is 1.77 bits per heavy atom. The van der Waals surface area contributed by atoms with Gasteiger partial charge in [0.1, 0.15) is 8.07 Å². The molecular weight excluding hydrogens is 457 g/mol. The van der Waals surface area contributed by atoms with Crippen molar-refractivity contribution in [1.29, 1.82) is 0 Å². The Morgan fingerprint density at radius 1 is 0.771 bits per heavy atom. The molecule has 0 saturated carbocycles. The van der Waals surface area contributed by atoms with E-state index in [9.17, 15) is 0 Å². The highest BCUT2D eigenvalue weighted by molar-refractivity contribution is 8.08. The smallest absolute Gasteiger partial charge is 0.124 e. The molecule has 0 aliphatic rings. The summed E-state index contributed by atoms with van der Waals surface area (Å²) >= 11 is 1.92. The fourth-order valence-electron chi connectivity index (χ4n) is 4.84. The summed E-state index contributed by atoms with van der Waals surface area (Å²) in [7, 11) is -1.87. The number of unbranched alkanes of at least 4 members (excludes halogenated alkanes) is 1. The van der Waals surface area contributed by atoms with Gasteiger partial charge in [-0.25, -0.2) is 0 Å². The van der Waals surface area contributed by atoms with Crippen molar-refractivity contribution in [1.82, 2.24) is 0 Å². The first-order valence-corrected chi connectivity index (χ1v) is 16.4. The van der Waals surface area contributed by atoms with E-state index in [0.717, 1.165) is 16.9 Å². The van der Waals surface area contributed by atoms with Crippen LogP contribution in [0.5, 0.6) is 0 Å². The SMILES string of the molecule is CCCCS/C(=C(/C#Cc1ccc(C)cc1)C#C[Si](C(C)C)(C(C)C)C(C)C)c1ccc(C)cc1. The van der Waals surface area contributed by atoms with Crippen LogP contribution >= 0.6 is 11.8 Å². The van der Waals surface area contributed by atoms with Gasteiger partial charge in [-0.2, -0.15) is 0 Å². The monoisotopic (exact) mass is 500 g/mol. The molecule has 186 valence electrons. The molecule has 0 aromatic heterocycles. The molecule has 0 fully saturated rings. The first kappa shape index (κ1) is 29.1. The summed E-state index contributed by atoms with van der Waals surface area (Å²) in [6.07, 6.45) is 2.38. The molecule has 0 heterocycles. The van der Waals surface area contributed by atoms with Crippen LogP contribution < -0.4 is 0 Å². The normalized spacial score (nSPS) is 12.2. The van der Waals surface area contributed by atoms with E-state index >= 15 is 0 Å². The summed E-state index contributed by atoms with van der Waals surface area (Å²) < 4.78 is 0. The highest BCUT2D eigenvalue weighted by atomic mass is 32.2. The molecule has 0 saturated heterocycles. The number of allylic oxidation sites excluding steroid dienone is 1. The number of thioether (sulfide) groups is 1. The van der Waals surface area contributed by atoms with E-state index in [2.05, 4.69) is 134 Å². The maximum Gasteiger partial charge on any atom is 0.146 e. The molecule has 2 aromatic rings. The third kappa shape index (κ3) is 7.93. The van der Waals surface area contributed by atoms with Gasteiger partial charge in [-0.1, -0.05) is 120 Å². The maximum absolute atomic E-state index is 3.94. The van der Waals surface area contributed by atoms with Crippen molar-refractivity contribution in [3.8, 4) is 23.3 Å². The van der Waals surface area contributed by atoms with E-state index in [0.29, 0.717) is 16.6 Å². The molecule has 0 spiro atoms. The van der Waals surface area contributed by atoms with Gasteiger partial charge in [-0.3, -0.25) is 0 Å². The third-order valence-corrected chi connectivity index (χ3v) is 14.4. The summed E-state index contributed by atoms with van der Waals surface area (Å²) in [5.41, 5.74) is 11.5. The maximum atomic E-state index is 3.94. The van der Waals surface area contributed by atoms with E-state index in [1.165, 1.54) is 34.4 Å². The standard InChI is InChI=1S/C33H44SSi/c1-10-11-23-34-33(31-19-14-29(9)15-20-31)32(21-18-30-16-12-28(8)13-17-30)22-24-35(25(2)3,26(4)5)27(6)7/h12-17,19-20,25-27H,10-11,23H2,1-9H3/b33-32-. The van der Waals surface area contributed by atoms with Gasteiger partial charge in [0.15, 0.2) is 0 Å². The third-order valence-electron chi connectivity index (χ3n) is 6.94. The first-order valence-electron chi connectivity index (χ1n) is 13.2. The second kappa shape index (κ2) is 13.8. The fraction of sp³-hybridized carbons (Fsp3) is 0.455. The lowest BCUT2D eigenvalue weighted by Crippen LogP contribution is -2.43. The molecule has 0 amide bonds. The minimum Gasteiger partial charge on any atom is -0.124 e. The van der Waals surface area contributed by atoms with Gasteiger partial charge in [-0.15, -0.1) is 17.3 Å². The average molecular weight is 501 g/mol. The fourth-order valence-corrected chi connectivity index (χ4v) is 11.2. The van der Waals surface area contributed by atoms with Crippen LogP contribution in [0.1, 0.15) is 83.6 Å². The van der Waals surface area contributed by atoms with E-state index in [4.69, 9.17) is 0 Å². The van der Waals surface area contributed by atoms with Crippen LogP contribution in [0.2, 0.25) is 16.6 Å². The number of hydrogen-bond acceptors (Lipinski definition) is 1. The van der Waals surface area contributed by atoms with Crippen LogP contribution in [0.25, 0.3) is 4.91 Å². The summed E-state index contributed by atoms with van der Waals surface area (Å²) in [4.78, 5) is 1.23. The molecule has 0 aliphatic carbocycles. The van der Waals surface area contributed by atoms with E-state index in [-0.39, 0.29) is 0 Å². The number of benzene rings is 2. The minimum atomic E-state index is -1.87. The topological polar surface area (TPSA) is 0 Å². The molecule has 0 radical (unpaired) electrons. The van der Waals surface area contributed by atoms with Crippen molar-refractivity contribution in [3.63, 3.8) is 0 Å². The molecule has 0 aliphatic heterocycles. The van der Waals surface area contributed by atoms with Crippen LogP contribution in [0.15, 0.2) is 54.1 Å². The summed E-state index contributed by atoms with van der Waals surface area (Å²) in [6, 6.07) is 17.3. The van der Waals surface area contributed by atoms with Gasteiger partial charge in [0.2, 0.25) is 0 Å². The van der Waals surface area contributed by atoms with Gasteiger partial charge in [0.25, 0.3) is 0 Å². The van der Waals surface area contributed by atoms with Crippen LogP contribution in [-0.2, 0) is 0 Å². The van der Waals surface area contributed by atoms with Crippen molar-refractivity contribution in [2.75, 3.05) is 5.75 Å². The van der Waals surface area contributed by atoms with Crippen LogP contribution in [0.3, 0.4) is 0 Å². The largest absolute Gasteiger partial charge is 0.146 e. The number of rotatable bonds is 8. The molecule has 0 N–H and O–H groups in total. The van der Waals surface area contributed by atoms with E-state index in [1.807, 2.05) is 11.8 Å². The quantitative estimate of drug-likeness (QED) is 0.197. The van der Waals surface area contributed by atoms with Crippen LogP contribution in [-0.4, -0.2) is 13.8 Å². The molecule has 0 atom stereocenters. The van der Waals surface area contributed by atoms with Crippen LogP contribution in [0.4, 0.5) is 0 Å². The Balaban J connectivity index is 2.78. The Bertz CT molecular complexity index is 1070. The van der Waals surface area contributed by atoms with Gasteiger partial charge in [0, 0.05) is 10.5 Å². The van der Waals surface area contributed by atoms with Crippen molar-refractivity contribution in [3.05, 3.63) is 76.4 Å². The van der Waals surface area contributed by atoms with Gasteiger partial charge in [0.05, 0.1) is 5.57 Å². The lowest BCUT2D eigenvalue weighted by Gasteiger charge is -2.38. The number of hydrogen-bond donors (Lipinski definition) is 0. The molecule has 35 heavy (non-hydrogen) atoms. The second-order valence-electron chi connectivity index (χ2n) is 10.5. The summed E-state index contributed by atoms with van der Waals surface area (Å²) in [5.74, 6) is 11.8. The highest BCUT2D eigenvalue weighted by Crippen LogP contribution is 2.41. The first-order chi connectivity index (χ1) is 16.6. The minimum absolute atomic E-state index is 0.594. The Labute approximate surface area is 221 Å². The zero-order valence-electron chi connectivity index (χ0n) is 23.4. The second-order valence-corrected chi connectivity index (χ2v) is 17.2. The highest BCUT2D eigenvalue weighted by Gasteiger charge is 2.41. The molecule has 0 unspecified atom stereocenters. The zero-order chi connectivity index (χ0) is 26.0. The van der Waals surface area contributed by atoms with Crippen LogP contribution in [0, 0.1) is 37.2 Å². The molecule has 2 rings (SSSR count). The van der Waals surface area contributed by atoms with E-state index < -0.39 is 8.07 Å². The lowest BCUT2D eigenvalue weighted by molar-refractivity contribution is 0.838. The summed E-state index contributed by atoms with van der Waals surface area (Å²) in [5, 5.41) is 0. The van der Waals surface area contributed by atoms with Gasteiger partial charge in [-0.05, 0) is 60.3 Å². The molecular formula is C33H44SSi. The molecule has 0 nitrogen and oxygen atoms in total. The summed E-state index contributed by atoms with van der Waals surface area (Å²) in [6.45, 7) is 20.8. The van der Waals surface area contributed by atoms with E-state index in [1.54, 1.807) is 0 Å². The van der Waals surface area contributed by atoms with Crippen molar-refractivity contribution < 1.29 is 0 Å². The van der Waals surface area contributed by atoms with Gasteiger partial charge < -0.3 is 0 Å². The Hall–Kier alpha value is -2.13. The molecule has 2 aromatic carbocycles. The molecule has 0 bridgehead atoms. The van der Waals surface area contributed by atoms with Crippen molar-refractivity contribution in [2.45, 2.75) is 91.8 Å². The van der Waals surface area contributed by atoms with Crippen molar-refractivity contribution >= 4 is 24.7 Å². The zero-order valence-corrected chi connectivity index (χ0v) is 25.2.